The van der Waals surface area contributed by atoms with E-state index in [-0.39, 0.29) is 17.9 Å². The lowest BCUT2D eigenvalue weighted by Crippen LogP contribution is -2.36. The lowest BCUT2D eigenvalue weighted by molar-refractivity contribution is -0.119. The highest BCUT2D eigenvalue weighted by molar-refractivity contribution is 8.00. The zero-order chi connectivity index (χ0) is 14.7. The highest BCUT2D eigenvalue weighted by Gasteiger charge is 2.24. The Morgan fingerprint density at radius 3 is 2.90 bits per heavy atom. The standard InChI is InChI=1S/C14H19N3O2S/c1-9(15)10-4-5-11-12(7-10)20-8-14(19)17(11)6-2-3-13(16)18/h4-5,7,9H,2-3,6,8,15H2,1H3,(H2,16,18). The Balaban J connectivity index is 2.18. The van der Waals surface area contributed by atoms with Crippen molar-refractivity contribution in [3.05, 3.63) is 23.8 Å². The number of thioether (sulfide) groups is 1. The minimum atomic E-state index is -0.337. The Hall–Kier alpha value is -1.53. The molecule has 0 radical (unpaired) electrons. The summed E-state index contributed by atoms with van der Waals surface area (Å²) in [5, 5.41) is 0. The second-order valence-electron chi connectivity index (χ2n) is 4.92. The van der Waals surface area contributed by atoms with Crippen molar-refractivity contribution >= 4 is 29.3 Å². The first-order valence-electron chi connectivity index (χ1n) is 6.60. The number of amides is 2. The Labute approximate surface area is 122 Å². The molecule has 0 spiro atoms. The van der Waals surface area contributed by atoms with Gasteiger partial charge in [0.1, 0.15) is 0 Å². The van der Waals surface area contributed by atoms with Crippen molar-refractivity contribution in [3.8, 4) is 0 Å². The number of hydrogen-bond acceptors (Lipinski definition) is 4. The molecule has 108 valence electrons. The summed E-state index contributed by atoms with van der Waals surface area (Å²) in [5.41, 5.74) is 13.0. The van der Waals surface area contributed by atoms with Crippen LogP contribution in [0.5, 0.6) is 0 Å². The molecule has 0 fully saturated rings. The largest absolute Gasteiger partial charge is 0.370 e. The van der Waals surface area contributed by atoms with Crippen LogP contribution in [0.25, 0.3) is 0 Å². The molecule has 1 aromatic carbocycles. The maximum Gasteiger partial charge on any atom is 0.237 e. The summed E-state index contributed by atoms with van der Waals surface area (Å²) < 4.78 is 0. The zero-order valence-electron chi connectivity index (χ0n) is 11.5. The van der Waals surface area contributed by atoms with E-state index >= 15 is 0 Å². The second-order valence-corrected chi connectivity index (χ2v) is 5.94. The van der Waals surface area contributed by atoms with Crippen LogP contribution in [0.15, 0.2) is 23.1 Å². The second kappa shape index (κ2) is 6.28. The number of primary amides is 1. The van der Waals surface area contributed by atoms with Gasteiger partial charge >= 0.3 is 0 Å². The van der Waals surface area contributed by atoms with Gasteiger partial charge in [-0.05, 0) is 31.0 Å². The van der Waals surface area contributed by atoms with E-state index in [2.05, 4.69) is 0 Å². The number of rotatable bonds is 5. The molecule has 1 atom stereocenters. The molecule has 6 heteroatoms. The molecule has 4 N–H and O–H groups in total. The van der Waals surface area contributed by atoms with Crippen LogP contribution < -0.4 is 16.4 Å². The SMILES string of the molecule is CC(N)c1ccc2c(c1)SCC(=O)N2CCCC(N)=O. The van der Waals surface area contributed by atoms with E-state index in [1.165, 1.54) is 11.8 Å². The lowest BCUT2D eigenvalue weighted by Gasteiger charge is -2.29. The van der Waals surface area contributed by atoms with Crippen LogP contribution in [0.4, 0.5) is 5.69 Å². The zero-order valence-corrected chi connectivity index (χ0v) is 12.3. The molecule has 1 heterocycles. The van der Waals surface area contributed by atoms with Crippen molar-refractivity contribution < 1.29 is 9.59 Å². The average Bonchev–Trinajstić information content (AvgIpc) is 2.40. The van der Waals surface area contributed by atoms with Crippen molar-refractivity contribution in [1.29, 1.82) is 0 Å². The van der Waals surface area contributed by atoms with Crippen LogP contribution in [0.3, 0.4) is 0 Å². The lowest BCUT2D eigenvalue weighted by atomic mass is 10.1. The summed E-state index contributed by atoms with van der Waals surface area (Å²) in [4.78, 5) is 25.6. The summed E-state index contributed by atoms with van der Waals surface area (Å²) in [6.07, 6.45) is 0.879. The molecular weight excluding hydrogens is 274 g/mol. The van der Waals surface area contributed by atoms with E-state index < -0.39 is 0 Å². The topological polar surface area (TPSA) is 89.4 Å². The minimum Gasteiger partial charge on any atom is -0.370 e. The molecular formula is C14H19N3O2S. The first-order chi connectivity index (χ1) is 9.49. The van der Waals surface area contributed by atoms with Crippen LogP contribution in [0.2, 0.25) is 0 Å². The quantitative estimate of drug-likeness (QED) is 0.859. The van der Waals surface area contributed by atoms with Crippen molar-refractivity contribution in [1.82, 2.24) is 0 Å². The number of carbonyl (C=O) groups excluding carboxylic acids is 2. The maximum atomic E-state index is 12.0. The summed E-state index contributed by atoms with van der Waals surface area (Å²) in [6, 6.07) is 5.89. The number of nitrogens with two attached hydrogens (primary N) is 2. The van der Waals surface area contributed by atoms with Crippen molar-refractivity contribution in [2.75, 3.05) is 17.2 Å². The van der Waals surface area contributed by atoms with Crippen LogP contribution in [-0.4, -0.2) is 24.1 Å². The third-order valence-corrected chi connectivity index (χ3v) is 4.29. The third kappa shape index (κ3) is 3.32. The average molecular weight is 293 g/mol. The van der Waals surface area contributed by atoms with Crippen molar-refractivity contribution in [2.45, 2.75) is 30.7 Å². The molecule has 1 unspecified atom stereocenters. The normalized spacial score (nSPS) is 15.9. The molecule has 20 heavy (non-hydrogen) atoms. The molecule has 0 aliphatic carbocycles. The summed E-state index contributed by atoms with van der Waals surface area (Å²) in [5.74, 6) is 0.156. The van der Waals surface area contributed by atoms with Crippen LogP contribution in [0, 0.1) is 0 Å². The van der Waals surface area contributed by atoms with Gasteiger partial charge in [0.25, 0.3) is 0 Å². The number of nitrogens with zero attached hydrogens (tertiary/aromatic N) is 1. The molecule has 5 nitrogen and oxygen atoms in total. The van der Waals surface area contributed by atoms with Crippen LogP contribution in [-0.2, 0) is 9.59 Å². The first kappa shape index (κ1) is 14.9. The van der Waals surface area contributed by atoms with Gasteiger partial charge in [0, 0.05) is 23.9 Å². The summed E-state index contributed by atoms with van der Waals surface area (Å²) >= 11 is 1.53. The number of anilines is 1. The Morgan fingerprint density at radius 1 is 1.50 bits per heavy atom. The molecule has 2 amide bonds. The first-order valence-corrected chi connectivity index (χ1v) is 7.58. The number of carbonyl (C=O) groups is 2. The van der Waals surface area contributed by atoms with E-state index in [1.807, 2.05) is 25.1 Å². The van der Waals surface area contributed by atoms with Gasteiger partial charge in [0.2, 0.25) is 11.8 Å². The number of benzene rings is 1. The fourth-order valence-corrected chi connectivity index (χ4v) is 3.14. The smallest absolute Gasteiger partial charge is 0.237 e. The highest BCUT2D eigenvalue weighted by Crippen LogP contribution is 2.36. The monoisotopic (exact) mass is 293 g/mol. The van der Waals surface area contributed by atoms with E-state index in [0.29, 0.717) is 25.1 Å². The molecule has 0 aromatic heterocycles. The van der Waals surface area contributed by atoms with E-state index in [9.17, 15) is 9.59 Å². The van der Waals surface area contributed by atoms with Gasteiger partial charge in [-0.25, -0.2) is 0 Å². The van der Waals surface area contributed by atoms with Crippen molar-refractivity contribution in [2.24, 2.45) is 11.5 Å². The molecule has 0 saturated carbocycles. The minimum absolute atomic E-state index is 0.0261. The predicted octanol–water partition coefficient (Wildman–Crippen LogP) is 1.41. The van der Waals surface area contributed by atoms with E-state index in [4.69, 9.17) is 11.5 Å². The van der Waals surface area contributed by atoms with Gasteiger partial charge < -0.3 is 16.4 Å². The van der Waals surface area contributed by atoms with Gasteiger partial charge in [-0.2, -0.15) is 0 Å². The maximum absolute atomic E-state index is 12.0. The molecule has 1 aromatic rings. The predicted molar refractivity (Wildman–Crippen MR) is 80.5 cm³/mol. The van der Waals surface area contributed by atoms with Crippen LogP contribution in [0.1, 0.15) is 31.4 Å². The summed E-state index contributed by atoms with van der Waals surface area (Å²) in [7, 11) is 0. The Bertz CT molecular complexity index is 531. The molecule has 0 bridgehead atoms. The Kier molecular flexibility index (Phi) is 4.67. The van der Waals surface area contributed by atoms with E-state index in [1.54, 1.807) is 4.90 Å². The summed E-state index contributed by atoms with van der Waals surface area (Å²) in [6.45, 7) is 2.46. The Morgan fingerprint density at radius 2 is 2.25 bits per heavy atom. The van der Waals surface area contributed by atoms with Gasteiger partial charge in [0.15, 0.2) is 0 Å². The number of hydrogen-bond donors (Lipinski definition) is 2. The van der Waals surface area contributed by atoms with Crippen LogP contribution >= 0.6 is 11.8 Å². The molecule has 2 rings (SSSR count). The fraction of sp³-hybridized carbons (Fsp3) is 0.429. The van der Waals surface area contributed by atoms with Gasteiger partial charge in [-0.1, -0.05) is 6.07 Å². The van der Waals surface area contributed by atoms with Gasteiger partial charge in [0.05, 0.1) is 11.4 Å². The number of fused-ring (bicyclic) bond motifs is 1. The van der Waals surface area contributed by atoms with E-state index in [0.717, 1.165) is 16.1 Å². The molecule has 1 aliphatic heterocycles. The third-order valence-electron chi connectivity index (χ3n) is 3.26. The van der Waals surface area contributed by atoms with Gasteiger partial charge in [-0.15, -0.1) is 11.8 Å². The molecule has 1 aliphatic rings. The van der Waals surface area contributed by atoms with Gasteiger partial charge in [-0.3, -0.25) is 9.59 Å². The highest BCUT2D eigenvalue weighted by atomic mass is 32.2. The van der Waals surface area contributed by atoms with Crippen molar-refractivity contribution in [3.63, 3.8) is 0 Å². The fourth-order valence-electron chi connectivity index (χ4n) is 2.16. The molecule has 0 saturated heterocycles.